The average Bonchev–Trinajstić information content (AvgIpc) is 3.15. The quantitative estimate of drug-likeness (QED) is 0.771. The number of methoxy groups -OCH3 is 1. The van der Waals surface area contributed by atoms with Crippen LogP contribution in [0.15, 0.2) is 0 Å². The van der Waals surface area contributed by atoms with Crippen LogP contribution < -0.4 is 0 Å². The Kier molecular flexibility index (Phi) is 4.16. The van der Waals surface area contributed by atoms with E-state index in [4.69, 9.17) is 9.47 Å². The lowest BCUT2D eigenvalue weighted by atomic mass is 9.79. The van der Waals surface area contributed by atoms with Crippen molar-refractivity contribution in [3.05, 3.63) is 0 Å². The molecule has 0 bridgehead atoms. The van der Waals surface area contributed by atoms with Crippen LogP contribution in [0.3, 0.4) is 0 Å². The number of carbonyl (C=O) groups is 2. The van der Waals surface area contributed by atoms with Gasteiger partial charge in [-0.25, -0.2) is 0 Å². The van der Waals surface area contributed by atoms with Crippen LogP contribution in [0.25, 0.3) is 0 Å². The maximum atomic E-state index is 12.7. The molecule has 6 heteroatoms. The predicted octanol–water partition coefficient (Wildman–Crippen LogP) is 0.574. The summed E-state index contributed by atoms with van der Waals surface area (Å²) in [7, 11) is 1.36. The highest BCUT2D eigenvalue weighted by atomic mass is 16.5. The van der Waals surface area contributed by atoms with Crippen molar-refractivity contribution in [2.45, 2.75) is 44.2 Å². The Bertz CT molecular complexity index is 463. The van der Waals surface area contributed by atoms with Gasteiger partial charge < -0.3 is 19.5 Å². The van der Waals surface area contributed by atoms with E-state index in [0.29, 0.717) is 32.6 Å². The van der Waals surface area contributed by atoms with Crippen LogP contribution in [0.1, 0.15) is 32.6 Å². The molecule has 1 aliphatic carbocycles. The number of carbonyl (C=O) groups excluding carboxylic acids is 2. The van der Waals surface area contributed by atoms with E-state index in [2.05, 4.69) is 0 Å². The molecular weight excluding hydrogens is 286 g/mol. The molecule has 2 aliphatic heterocycles. The largest absolute Gasteiger partial charge is 0.469 e. The van der Waals surface area contributed by atoms with Crippen LogP contribution in [0, 0.1) is 17.8 Å². The summed E-state index contributed by atoms with van der Waals surface area (Å²) in [6.07, 6.45) is 3.03. The van der Waals surface area contributed by atoms with Gasteiger partial charge in [-0.3, -0.25) is 9.59 Å². The molecule has 1 amide bonds. The lowest BCUT2D eigenvalue weighted by molar-refractivity contribution is -0.149. The molecule has 2 saturated heterocycles. The highest BCUT2D eigenvalue weighted by molar-refractivity contribution is 5.90. The zero-order valence-electron chi connectivity index (χ0n) is 13.3. The number of likely N-dealkylation sites (tertiary alicyclic amines) is 1. The molecule has 0 spiro atoms. The highest BCUT2D eigenvalue weighted by Gasteiger charge is 2.53. The second-order valence-electron chi connectivity index (χ2n) is 7.00. The lowest BCUT2D eigenvalue weighted by Crippen LogP contribution is -2.54. The van der Waals surface area contributed by atoms with Crippen molar-refractivity contribution in [3.63, 3.8) is 0 Å². The number of nitrogens with zero attached hydrogens (tertiary/aromatic N) is 1. The second-order valence-corrected chi connectivity index (χ2v) is 7.00. The van der Waals surface area contributed by atoms with Crippen LogP contribution in [0.2, 0.25) is 0 Å². The number of esters is 1. The monoisotopic (exact) mass is 311 g/mol. The first kappa shape index (κ1) is 15.7. The zero-order chi connectivity index (χ0) is 15.9. The fraction of sp³-hybridized carbons (Fsp3) is 0.875. The maximum absolute atomic E-state index is 12.7. The van der Waals surface area contributed by atoms with Crippen molar-refractivity contribution >= 4 is 11.9 Å². The minimum absolute atomic E-state index is 0.0155. The Morgan fingerprint density at radius 1 is 1.36 bits per heavy atom. The molecule has 0 aromatic heterocycles. The smallest absolute Gasteiger partial charge is 0.309 e. The first-order valence-electron chi connectivity index (χ1n) is 8.14. The van der Waals surface area contributed by atoms with E-state index >= 15 is 0 Å². The SMILES string of the molecule is COC(=O)C1CC1C(=O)N1CCCC1C1COCCC1(C)O. The van der Waals surface area contributed by atoms with Gasteiger partial charge >= 0.3 is 5.97 Å². The summed E-state index contributed by atoms with van der Waals surface area (Å²) in [5.74, 6) is -0.811. The molecule has 124 valence electrons. The van der Waals surface area contributed by atoms with Crippen molar-refractivity contribution in [2.75, 3.05) is 26.9 Å². The van der Waals surface area contributed by atoms with Crippen LogP contribution in [0.4, 0.5) is 0 Å². The standard InChI is InChI=1S/C16H25NO5/c1-16(20)5-7-22-9-12(16)13-4-3-6-17(13)14(18)10-8-11(10)15(19)21-2/h10-13,20H,3-9H2,1-2H3. The fourth-order valence-electron chi connectivity index (χ4n) is 3.96. The van der Waals surface area contributed by atoms with E-state index in [-0.39, 0.29) is 35.7 Å². The number of ether oxygens (including phenoxy) is 2. The number of amides is 1. The lowest BCUT2D eigenvalue weighted by Gasteiger charge is -2.43. The van der Waals surface area contributed by atoms with E-state index in [1.54, 1.807) is 0 Å². The summed E-state index contributed by atoms with van der Waals surface area (Å²) in [5, 5.41) is 10.6. The Morgan fingerprint density at radius 3 is 2.82 bits per heavy atom. The zero-order valence-corrected chi connectivity index (χ0v) is 13.3. The van der Waals surface area contributed by atoms with E-state index in [1.165, 1.54) is 7.11 Å². The topological polar surface area (TPSA) is 76.1 Å². The number of rotatable bonds is 3. The molecule has 6 nitrogen and oxygen atoms in total. The van der Waals surface area contributed by atoms with E-state index in [1.807, 2.05) is 11.8 Å². The normalized spacial score (nSPS) is 41.3. The van der Waals surface area contributed by atoms with E-state index in [9.17, 15) is 14.7 Å². The minimum Gasteiger partial charge on any atom is -0.469 e. The first-order chi connectivity index (χ1) is 10.5. The van der Waals surface area contributed by atoms with Crippen LogP contribution in [0.5, 0.6) is 0 Å². The molecule has 0 aromatic carbocycles. The van der Waals surface area contributed by atoms with Crippen LogP contribution in [-0.4, -0.2) is 60.4 Å². The van der Waals surface area contributed by atoms with Crippen LogP contribution >= 0.6 is 0 Å². The Morgan fingerprint density at radius 2 is 2.14 bits per heavy atom. The molecule has 1 saturated carbocycles. The first-order valence-corrected chi connectivity index (χ1v) is 8.14. The Labute approximate surface area is 130 Å². The average molecular weight is 311 g/mol. The number of hydrogen-bond acceptors (Lipinski definition) is 5. The number of hydrogen-bond donors (Lipinski definition) is 1. The van der Waals surface area contributed by atoms with Crippen molar-refractivity contribution in [3.8, 4) is 0 Å². The van der Waals surface area contributed by atoms with Gasteiger partial charge in [0.25, 0.3) is 0 Å². The van der Waals surface area contributed by atoms with E-state index in [0.717, 1.165) is 12.8 Å². The third-order valence-electron chi connectivity index (χ3n) is 5.51. The minimum atomic E-state index is -0.795. The van der Waals surface area contributed by atoms with Crippen molar-refractivity contribution in [1.29, 1.82) is 0 Å². The summed E-state index contributed by atoms with van der Waals surface area (Å²) in [6, 6.07) is 0.0155. The molecule has 22 heavy (non-hydrogen) atoms. The summed E-state index contributed by atoms with van der Waals surface area (Å²) in [5.41, 5.74) is -0.795. The highest BCUT2D eigenvalue weighted by Crippen LogP contribution is 2.44. The van der Waals surface area contributed by atoms with Gasteiger partial charge in [-0.15, -0.1) is 0 Å². The van der Waals surface area contributed by atoms with Gasteiger partial charge in [0.05, 0.1) is 31.2 Å². The van der Waals surface area contributed by atoms with Gasteiger partial charge in [0.1, 0.15) is 0 Å². The molecule has 5 unspecified atom stereocenters. The van der Waals surface area contributed by atoms with Crippen molar-refractivity contribution in [2.24, 2.45) is 17.8 Å². The fourth-order valence-corrected chi connectivity index (χ4v) is 3.96. The van der Waals surface area contributed by atoms with Gasteiger partial charge in [-0.1, -0.05) is 0 Å². The molecule has 2 heterocycles. The summed E-state index contributed by atoms with van der Waals surface area (Å²) >= 11 is 0. The molecule has 1 N–H and O–H groups in total. The Hall–Kier alpha value is -1.14. The molecular formula is C16H25NO5. The Balaban J connectivity index is 1.68. The molecule has 3 fully saturated rings. The maximum Gasteiger partial charge on any atom is 0.309 e. The molecule has 0 aromatic rings. The van der Waals surface area contributed by atoms with Gasteiger partial charge in [0, 0.05) is 25.1 Å². The van der Waals surface area contributed by atoms with Gasteiger partial charge in [-0.05, 0) is 32.6 Å². The molecule has 5 atom stereocenters. The molecule has 3 aliphatic rings. The second kappa shape index (κ2) is 5.81. The third kappa shape index (κ3) is 2.74. The van der Waals surface area contributed by atoms with Crippen molar-refractivity contribution in [1.82, 2.24) is 4.90 Å². The van der Waals surface area contributed by atoms with Crippen molar-refractivity contribution < 1.29 is 24.2 Å². The summed E-state index contributed by atoms with van der Waals surface area (Å²) in [6.45, 7) is 3.61. The number of aliphatic hydroxyl groups is 1. The molecule has 3 rings (SSSR count). The predicted molar refractivity (Wildman–Crippen MR) is 77.9 cm³/mol. The van der Waals surface area contributed by atoms with Crippen LogP contribution in [-0.2, 0) is 19.1 Å². The third-order valence-corrected chi connectivity index (χ3v) is 5.51. The van der Waals surface area contributed by atoms with E-state index < -0.39 is 5.60 Å². The summed E-state index contributed by atoms with van der Waals surface area (Å²) in [4.78, 5) is 26.1. The van der Waals surface area contributed by atoms with Gasteiger partial charge in [0.2, 0.25) is 5.91 Å². The summed E-state index contributed by atoms with van der Waals surface area (Å²) < 4.78 is 10.3. The van der Waals surface area contributed by atoms with Gasteiger partial charge in [0.15, 0.2) is 0 Å². The van der Waals surface area contributed by atoms with Gasteiger partial charge in [-0.2, -0.15) is 0 Å². The molecule has 0 radical (unpaired) electrons.